The Kier molecular flexibility index (Phi) is 4.29. The van der Waals surface area contributed by atoms with E-state index >= 15 is 0 Å². The zero-order valence-corrected chi connectivity index (χ0v) is 15.4. The van der Waals surface area contributed by atoms with Crippen LogP contribution in [0.15, 0.2) is 18.2 Å². The zero-order valence-electron chi connectivity index (χ0n) is 15.4. The molecule has 0 bridgehead atoms. The van der Waals surface area contributed by atoms with Crippen LogP contribution in [0.1, 0.15) is 64.0 Å². The summed E-state index contributed by atoms with van der Waals surface area (Å²) < 4.78 is 10.8. The second-order valence-electron chi connectivity index (χ2n) is 7.96. The van der Waals surface area contributed by atoms with Crippen LogP contribution in [0.5, 0.6) is 11.5 Å². The molecule has 6 heteroatoms. The highest BCUT2D eigenvalue weighted by atomic mass is 16.7. The molecule has 1 aliphatic carbocycles. The first-order valence-electron chi connectivity index (χ1n) is 9.49. The number of carbonyl (C=O) groups excluding carboxylic acids is 2. The number of carbonyl (C=O) groups is 2. The molecule has 0 spiro atoms. The van der Waals surface area contributed by atoms with Gasteiger partial charge in [0.05, 0.1) is 12.5 Å². The smallest absolute Gasteiger partial charge is 0.245 e. The van der Waals surface area contributed by atoms with Crippen LogP contribution in [0.2, 0.25) is 0 Å². The molecule has 3 aliphatic rings. The maximum absolute atomic E-state index is 12.9. The standard InChI is InChI=1S/C20H26N2O4/c1-20(2,19(24)21-14-6-4-3-5-7-14)22-15(11-18(22)23)13-8-9-16-17(10-13)26-12-25-16/h8-10,14-15H,3-7,11-12H2,1-2H3,(H,21,24). The van der Waals surface area contributed by atoms with E-state index in [0.29, 0.717) is 12.2 Å². The molecular formula is C20H26N2O4. The maximum atomic E-state index is 12.9. The molecule has 1 unspecified atom stereocenters. The number of nitrogens with zero attached hydrogens (tertiary/aromatic N) is 1. The summed E-state index contributed by atoms with van der Waals surface area (Å²) in [5.41, 5.74) is 0.0979. The van der Waals surface area contributed by atoms with Crippen LogP contribution < -0.4 is 14.8 Å². The van der Waals surface area contributed by atoms with E-state index in [9.17, 15) is 9.59 Å². The van der Waals surface area contributed by atoms with Gasteiger partial charge in [0.25, 0.3) is 0 Å². The molecule has 1 saturated carbocycles. The highest BCUT2D eigenvalue weighted by Gasteiger charge is 2.49. The Morgan fingerprint density at radius 1 is 1.15 bits per heavy atom. The number of benzene rings is 1. The fraction of sp³-hybridized carbons (Fsp3) is 0.600. The highest BCUT2D eigenvalue weighted by Crippen LogP contribution is 2.43. The van der Waals surface area contributed by atoms with Crippen LogP contribution in [0.3, 0.4) is 0 Å². The lowest BCUT2D eigenvalue weighted by atomic mass is 9.85. The van der Waals surface area contributed by atoms with Crippen molar-refractivity contribution >= 4 is 11.8 Å². The first kappa shape index (κ1) is 17.2. The third-order valence-corrected chi connectivity index (χ3v) is 5.83. The van der Waals surface area contributed by atoms with Crippen molar-refractivity contribution in [2.75, 3.05) is 6.79 Å². The normalized spacial score (nSPS) is 22.9. The molecular weight excluding hydrogens is 332 g/mol. The van der Waals surface area contributed by atoms with Gasteiger partial charge in [-0.2, -0.15) is 0 Å². The molecule has 2 heterocycles. The molecule has 4 rings (SSSR count). The Bertz CT molecular complexity index is 725. The predicted molar refractivity (Wildman–Crippen MR) is 95.9 cm³/mol. The van der Waals surface area contributed by atoms with Crippen molar-refractivity contribution in [3.8, 4) is 11.5 Å². The van der Waals surface area contributed by atoms with Crippen molar-refractivity contribution in [1.29, 1.82) is 0 Å². The van der Waals surface area contributed by atoms with Crippen LogP contribution in [0, 0.1) is 0 Å². The van der Waals surface area contributed by atoms with Crippen LogP contribution in [0.25, 0.3) is 0 Å². The van der Waals surface area contributed by atoms with Gasteiger partial charge < -0.3 is 19.7 Å². The number of ether oxygens (including phenoxy) is 2. The van der Waals surface area contributed by atoms with Gasteiger partial charge in [0.15, 0.2) is 11.5 Å². The second-order valence-corrected chi connectivity index (χ2v) is 7.96. The van der Waals surface area contributed by atoms with Gasteiger partial charge in [-0.05, 0) is 44.4 Å². The number of β-lactam (4-membered cyclic amide) rings is 1. The molecule has 6 nitrogen and oxygen atoms in total. The average molecular weight is 358 g/mol. The lowest BCUT2D eigenvalue weighted by molar-refractivity contribution is -0.162. The number of likely N-dealkylation sites (tertiary alicyclic amines) is 1. The molecule has 1 aromatic carbocycles. The van der Waals surface area contributed by atoms with Gasteiger partial charge in [0.1, 0.15) is 5.54 Å². The minimum absolute atomic E-state index is 0.0106. The summed E-state index contributed by atoms with van der Waals surface area (Å²) in [7, 11) is 0. The fourth-order valence-electron chi connectivity index (χ4n) is 4.22. The van der Waals surface area contributed by atoms with Gasteiger partial charge in [-0.15, -0.1) is 0 Å². The number of nitrogens with one attached hydrogen (secondary N) is 1. The summed E-state index contributed by atoms with van der Waals surface area (Å²) in [5.74, 6) is 1.37. The lowest BCUT2D eigenvalue weighted by Crippen LogP contribution is -2.64. The van der Waals surface area contributed by atoms with Crippen LogP contribution >= 0.6 is 0 Å². The average Bonchev–Trinajstić information content (AvgIpc) is 3.07. The molecule has 1 atom stereocenters. The minimum atomic E-state index is -0.881. The van der Waals surface area contributed by atoms with Crippen LogP contribution in [0.4, 0.5) is 0 Å². The number of fused-ring (bicyclic) bond motifs is 1. The van der Waals surface area contributed by atoms with E-state index < -0.39 is 5.54 Å². The van der Waals surface area contributed by atoms with Crippen LogP contribution in [-0.4, -0.2) is 35.1 Å². The van der Waals surface area contributed by atoms with Gasteiger partial charge in [-0.25, -0.2) is 0 Å². The quantitative estimate of drug-likeness (QED) is 0.841. The summed E-state index contributed by atoms with van der Waals surface area (Å²) >= 11 is 0. The van der Waals surface area contributed by atoms with Crippen molar-refractivity contribution in [3.63, 3.8) is 0 Å². The molecule has 0 aromatic heterocycles. The van der Waals surface area contributed by atoms with E-state index in [1.54, 1.807) is 4.90 Å². The third kappa shape index (κ3) is 2.91. The van der Waals surface area contributed by atoms with Gasteiger partial charge in [-0.3, -0.25) is 9.59 Å². The van der Waals surface area contributed by atoms with Gasteiger partial charge in [-0.1, -0.05) is 25.3 Å². The number of amides is 2. The van der Waals surface area contributed by atoms with Gasteiger partial charge >= 0.3 is 0 Å². The monoisotopic (exact) mass is 358 g/mol. The van der Waals surface area contributed by atoms with Crippen LogP contribution in [-0.2, 0) is 9.59 Å². The Labute approximate surface area is 153 Å². The Morgan fingerprint density at radius 2 is 1.88 bits per heavy atom. The van der Waals surface area contributed by atoms with Crippen molar-refractivity contribution in [3.05, 3.63) is 23.8 Å². The topological polar surface area (TPSA) is 67.9 Å². The van der Waals surface area contributed by atoms with Crippen molar-refractivity contribution < 1.29 is 19.1 Å². The van der Waals surface area contributed by atoms with E-state index in [1.807, 2.05) is 32.0 Å². The lowest BCUT2D eigenvalue weighted by Gasteiger charge is -2.50. The summed E-state index contributed by atoms with van der Waals surface area (Å²) in [6, 6.07) is 5.86. The molecule has 1 saturated heterocycles. The van der Waals surface area contributed by atoms with Gasteiger partial charge in [0, 0.05) is 6.04 Å². The summed E-state index contributed by atoms with van der Waals surface area (Å²) in [4.78, 5) is 27.0. The van der Waals surface area contributed by atoms with E-state index in [4.69, 9.17) is 9.47 Å². The van der Waals surface area contributed by atoms with Gasteiger partial charge in [0.2, 0.25) is 18.6 Å². The summed E-state index contributed by atoms with van der Waals surface area (Å²) in [6.07, 6.45) is 6.04. The zero-order chi connectivity index (χ0) is 18.3. The van der Waals surface area contributed by atoms with E-state index in [-0.39, 0.29) is 30.7 Å². The summed E-state index contributed by atoms with van der Waals surface area (Å²) in [5, 5.41) is 3.16. The van der Waals surface area contributed by atoms with E-state index in [2.05, 4.69) is 5.32 Å². The molecule has 0 radical (unpaired) electrons. The van der Waals surface area contributed by atoms with E-state index in [0.717, 1.165) is 37.0 Å². The number of hydrogen-bond acceptors (Lipinski definition) is 4. The Balaban J connectivity index is 1.50. The Hall–Kier alpha value is -2.24. The van der Waals surface area contributed by atoms with Crippen molar-refractivity contribution in [2.24, 2.45) is 0 Å². The molecule has 1 N–H and O–H groups in total. The highest BCUT2D eigenvalue weighted by molar-refractivity contribution is 5.94. The fourth-order valence-corrected chi connectivity index (χ4v) is 4.22. The molecule has 1 aromatic rings. The molecule has 2 amide bonds. The van der Waals surface area contributed by atoms with Crippen molar-refractivity contribution in [1.82, 2.24) is 10.2 Å². The molecule has 26 heavy (non-hydrogen) atoms. The minimum Gasteiger partial charge on any atom is -0.454 e. The predicted octanol–water partition coefficient (Wildman–Crippen LogP) is 2.92. The Morgan fingerprint density at radius 3 is 2.62 bits per heavy atom. The SMILES string of the molecule is CC(C)(C(=O)NC1CCCCC1)N1C(=O)CC1c1ccc2c(c1)OCO2. The molecule has 2 aliphatic heterocycles. The molecule has 140 valence electrons. The number of rotatable bonds is 4. The largest absolute Gasteiger partial charge is 0.454 e. The second kappa shape index (κ2) is 6.49. The molecule has 2 fully saturated rings. The summed E-state index contributed by atoms with van der Waals surface area (Å²) in [6.45, 7) is 3.89. The maximum Gasteiger partial charge on any atom is 0.245 e. The first-order valence-corrected chi connectivity index (χ1v) is 9.49. The number of hydrogen-bond donors (Lipinski definition) is 1. The van der Waals surface area contributed by atoms with Crippen molar-refractivity contribution in [2.45, 2.75) is 70.0 Å². The third-order valence-electron chi connectivity index (χ3n) is 5.83. The first-order chi connectivity index (χ1) is 12.5. The van der Waals surface area contributed by atoms with E-state index in [1.165, 1.54) is 6.42 Å².